The minimum absolute atomic E-state index is 0.214. The van der Waals surface area contributed by atoms with Crippen LogP contribution in [0.25, 0.3) is 0 Å². The van der Waals surface area contributed by atoms with Crippen molar-refractivity contribution in [2.24, 2.45) is 5.73 Å². The van der Waals surface area contributed by atoms with E-state index in [-0.39, 0.29) is 10.9 Å². The van der Waals surface area contributed by atoms with Crippen LogP contribution in [0.4, 0.5) is 5.69 Å². The lowest BCUT2D eigenvalue weighted by atomic mass is 10.1. The Morgan fingerprint density at radius 3 is 2.60 bits per heavy atom. The average Bonchev–Trinajstić information content (AvgIpc) is 2.47. The molecule has 2 N–H and O–H groups in total. The van der Waals surface area contributed by atoms with Gasteiger partial charge in [-0.3, -0.25) is 9.29 Å². The Hall–Kier alpha value is -1.92. The number of hydrogen-bond donors (Lipinski definition) is 1. The Kier molecular flexibility index (Phi) is 4.06. The van der Waals surface area contributed by atoms with Gasteiger partial charge in [0.2, 0.25) is 0 Å². The van der Waals surface area contributed by atoms with Crippen LogP contribution in [0.15, 0.2) is 53.7 Å². The van der Waals surface area contributed by atoms with Crippen molar-refractivity contribution in [2.45, 2.75) is 17.9 Å². The number of benzene rings is 1. The van der Waals surface area contributed by atoms with E-state index in [9.17, 15) is 8.42 Å². The van der Waals surface area contributed by atoms with Crippen LogP contribution < -0.4 is 10.0 Å². The molecule has 0 saturated heterocycles. The highest BCUT2D eigenvalue weighted by Crippen LogP contribution is 2.22. The van der Waals surface area contributed by atoms with Gasteiger partial charge in [0.25, 0.3) is 10.0 Å². The number of sulfonamides is 1. The van der Waals surface area contributed by atoms with E-state index in [1.165, 1.54) is 17.5 Å². The minimum atomic E-state index is -3.61. The van der Waals surface area contributed by atoms with E-state index >= 15 is 0 Å². The van der Waals surface area contributed by atoms with Crippen LogP contribution >= 0.6 is 0 Å². The molecule has 1 aromatic carbocycles. The fraction of sp³-hybridized carbons (Fsp3) is 0.214. The second-order valence-corrected chi connectivity index (χ2v) is 6.51. The van der Waals surface area contributed by atoms with Crippen molar-refractivity contribution in [1.82, 2.24) is 4.98 Å². The monoisotopic (exact) mass is 291 g/mol. The summed E-state index contributed by atoms with van der Waals surface area (Å²) in [4.78, 5) is 4.15. The molecule has 2 rings (SSSR count). The summed E-state index contributed by atoms with van der Waals surface area (Å²) >= 11 is 0. The topological polar surface area (TPSA) is 76.3 Å². The van der Waals surface area contributed by atoms with Gasteiger partial charge < -0.3 is 5.73 Å². The SMILES string of the molecule is CC(N)c1cccc(S(=O)(=O)N(C)c2cccnc2)c1. The molecule has 0 fully saturated rings. The Balaban J connectivity index is 2.43. The quantitative estimate of drug-likeness (QED) is 0.933. The second-order valence-electron chi connectivity index (χ2n) is 4.54. The van der Waals surface area contributed by atoms with Gasteiger partial charge in [0.1, 0.15) is 0 Å². The summed E-state index contributed by atoms with van der Waals surface area (Å²) < 4.78 is 26.3. The molecule has 1 heterocycles. The van der Waals surface area contributed by atoms with Gasteiger partial charge >= 0.3 is 0 Å². The van der Waals surface area contributed by atoms with E-state index in [4.69, 9.17) is 5.73 Å². The molecule has 0 aliphatic rings. The minimum Gasteiger partial charge on any atom is -0.324 e. The molecule has 2 aromatic rings. The molecular weight excluding hydrogens is 274 g/mol. The van der Waals surface area contributed by atoms with Gasteiger partial charge in [-0.15, -0.1) is 0 Å². The van der Waals surface area contributed by atoms with Crippen LogP contribution in [-0.4, -0.2) is 20.4 Å². The van der Waals surface area contributed by atoms with Gasteiger partial charge in [-0.25, -0.2) is 8.42 Å². The van der Waals surface area contributed by atoms with Gasteiger partial charge in [-0.2, -0.15) is 0 Å². The summed E-state index contributed by atoms with van der Waals surface area (Å²) in [6.45, 7) is 1.82. The van der Waals surface area contributed by atoms with Crippen molar-refractivity contribution < 1.29 is 8.42 Å². The molecule has 106 valence electrons. The van der Waals surface area contributed by atoms with Gasteiger partial charge in [-0.05, 0) is 36.8 Å². The standard InChI is InChI=1S/C14H17N3O2S/c1-11(15)12-5-3-7-14(9-12)20(18,19)17(2)13-6-4-8-16-10-13/h3-11H,15H2,1-2H3. The zero-order valence-electron chi connectivity index (χ0n) is 11.4. The van der Waals surface area contributed by atoms with Gasteiger partial charge in [0.05, 0.1) is 16.8 Å². The van der Waals surface area contributed by atoms with E-state index < -0.39 is 10.0 Å². The molecule has 0 spiro atoms. The van der Waals surface area contributed by atoms with Crippen molar-refractivity contribution >= 4 is 15.7 Å². The lowest BCUT2D eigenvalue weighted by molar-refractivity contribution is 0.594. The maximum atomic E-state index is 12.6. The molecule has 1 aromatic heterocycles. The number of hydrogen-bond acceptors (Lipinski definition) is 4. The summed E-state index contributed by atoms with van der Waals surface area (Å²) in [6.07, 6.45) is 3.10. The number of aromatic nitrogens is 1. The third kappa shape index (κ3) is 2.81. The second kappa shape index (κ2) is 5.60. The third-order valence-corrected chi connectivity index (χ3v) is 4.83. The van der Waals surface area contributed by atoms with Crippen LogP contribution in [-0.2, 0) is 10.0 Å². The van der Waals surface area contributed by atoms with Crippen molar-refractivity contribution in [3.8, 4) is 0 Å². The highest BCUT2D eigenvalue weighted by molar-refractivity contribution is 7.92. The maximum absolute atomic E-state index is 12.6. The maximum Gasteiger partial charge on any atom is 0.264 e. The predicted octanol–water partition coefficient (Wildman–Crippen LogP) is 1.93. The molecule has 0 bridgehead atoms. The Morgan fingerprint density at radius 1 is 1.25 bits per heavy atom. The Morgan fingerprint density at radius 2 is 2.00 bits per heavy atom. The molecule has 0 amide bonds. The summed E-state index contributed by atoms with van der Waals surface area (Å²) in [6, 6.07) is 9.85. The van der Waals surface area contributed by atoms with Gasteiger partial charge in [-0.1, -0.05) is 12.1 Å². The molecular formula is C14H17N3O2S. The summed E-state index contributed by atoms with van der Waals surface area (Å²) in [5.74, 6) is 0. The number of pyridine rings is 1. The first-order valence-corrected chi connectivity index (χ1v) is 7.61. The highest BCUT2D eigenvalue weighted by atomic mass is 32.2. The van der Waals surface area contributed by atoms with Crippen LogP contribution in [0.3, 0.4) is 0 Å². The molecule has 6 heteroatoms. The molecule has 0 aliphatic heterocycles. The smallest absolute Gasteiger partial charge is 0.264 e. The van der Waals surface area contributed by atoms with E-state index in [1.54, 1.807) is 36.5 Å². The fourth-order valence-electron chi connectivity index (χ4n) is 1.80. The lowest BCUT2D eigenvalue weighted by Crippen LogP contribution is -2.26. The third-order valence-electron chi connectivity index (χ3n) is 3.05. The highest BCUT2D eigenvalue weighted by Gasteiger charge is 2.21. The van der Waals surface area contributed by atoms with Gasteiger partial charge in [0, 0.05) is 19.3 Å². The first kappa shape index (κ1) is 14.5. The van der Waals surface area contributed by atoms with E-state index in [2.05, 4.69) is 4.98 Å². The summed E-state index contributed by atoms with van der Waals surface area (Å²) in [5.41, 5.74) is 7.09. The molecule has 0 saturated carbocycles. The van der Waals surface area contributed by atoms with E-state index in [1.807, 2.05) is 13.0 Å². The summed E-state index contributed by atoms with van der Waals surface area (Å²) in [7, 11) is -2.11. The van der Waals surface area contributed by atoms with Crippen molar-refractivity contribution in [2.75, 3.05) is 11.4 Å². The summed E-state index contributed by atoms with van der Waals surface area (Å²) in [5, 5.41) is 0. The average molecular weight is 291 g/mol. The number of nitrogens with zero attached hydrogens (tertiary/aromatic N) is 2. The van der Waals surface area contributed by atoms with E-state index in [0.29, 0.717) is 5.69 Å². The number of nitrogens with two attached hydrogens (primary N) is 1. The van der Waals surface area contributed by atoms with Crippen molar-refractivity contribution in [3.05, 3.63) is 54.4 Å². The fourth-order valence-corrected chi connectivity index (χ4v) is 3.03. The molecule has 5 nitrogen and oxygen atoms in total. The Labute approximate surface area is 119 Å². The van der Waals surface area contributed by atoms with Crippen LogP contribution in [0, 0.1) is 0 Å². The van der Waals surface area contributed by atoms with E-state index in [0.717, 1.165) is 5.56 Å². The van der Waals surface area contributed by atoms with Crippen molar-refractivity contribution in [3.63, 3.8) is 0 Å². The first-order valence-electron chi connectivity index (χ1n) is 6.17. The number of rotatable bonds is 4. The van der Waals surface area contributed by atoms with Crippen LogP contribution in [0.2, 0.25) is 0 Å². The largest absolute Gasteiger partial charge is 0.324 e. The number of anilines is 1. The zero-order valence-corrected chi connectivity index (χ0v) is 12.2. The Bertz CT molecular complexity index is 685. The molecule has 20 heavy (non-hydrogen) atoms. The van der Waals surface area contributed by atoms with Crippen LogP contribution in [0.1, 0.15) is 18.5 Å². The lowest BCUT2D eigenvalue weighted by Gasteiger charge is -2.19. The molecule has 0 aliphatic carbocycles. The first-order chi connectivity index (χ1) is 9.43. The zero-order chi connectivity index (χ0) is 14.8. The van der Waals surface area contributed by atoms with Crippen molar-refractivity contribution in [1.29, 1.82) is 0 Å². The van der Waals surface area contributed by atoms with Gasteiger partial charge in [0.15, 0.2) is 0 Å². The van der Waals surface area contributed by atoms with Crippen LogP contribution in [0.5, 0.6) is 0 Å². The predicted molar refractivity (Wildman–Crippen MR) is 78.9 cm³/mol. The molecule has 1 atom stereocenters. The molecule has 0 radical (unpaired) electrons. The normalized spacial score (nSPS) is 12.9. The molecule has 1 unspecified atom stereocenters.